The highest BCUT2D eigenvalue weighted by Crippen LogP contribution is 2.22. The maximum atomic E-state index is 6.07. The summed E-state index contributed by atoms with van der Waals surface area (Å²) in [5.41, 5.74) is 9.71. The van der Waals surface area contributed by atoms with Crippen LogP contribution >= 0.6 is 0 Å². The van der Waals surface area contributed by atoms with Crippen molar-refractivity contribution in [3.8, 4) is 0 Å². The SMILES string of the molecule is CCCCCn1c(C(C)N)nc2cc(CC)ccc21. The fourth-order valence-electron chi connectivity index (χ4n) is 2.52. The molecule has 0 saturated carbocycles. The molecule has 0 bridgehead atoms. The van der Waals surface area contributed by atoms with Gasteiger partial charge in [0, 0.05) is 6.54 Å². The number of nitrogens with zero attached hydrogens (tertiary/aromatic N) is 2. The van der Waals surface area contributed by atoms with Gasteiger partial charge in [0.1, 0.15) is 5.82 Å². The van der Waals surface area contributed by atoms with Crippen LogP contribution in [-0.2, 0) is 13.0 Å². The maximum Gasteiger partial charge on any atom is 0.126 e. The van der Waals surface area contributed by atoms with Crippen LogP contribution in [0, 0.1) is 0 Å². The quantitative estimate of drug-likeness (QED) is 0.802. The lowest BCUT2D eigenvalue weighted by Gasteiger charge is -2.11. The summed E-state index contributed by atoms with van der Waals surface area (Å²) in [6, 6.07) is 6.57. The minimum absolute atomic E-state index is 0.0147. The van der Waals surface area contributed by atoms with E-state index in [4.69, 9.17) is 10.7 Å². The smallest absolute Gasteiger partial charge is 0.126 e. The maximum absolute atomic E-state index is 6.07. The van der Waals surface area contributed by atoms with Crippen LogP contribution in [0.3, 0.4) is 0 Å². The Morgan fingerprint density at radius 3 is 2.68 bits per heavy atom. The van der Waals surface area contributed by atoms with Crippen molar-refractivity contribution in [3.63, 3.8) is 0 Å². The summed E-state index contributed by atoms with van der Waals surface area (Å²) >= 11 is 0. The van der Waals surface area contributed by atoms with Gasteiger partial charge in [0.15, 0.2) is 0 Å². The highest BCUT2D eigenvalue weighted by Gasteiger charge is 2.13. The van der Waals surface area contributed by atoms with Crippen molar-refractivity contribution in [1.82, 2.24) is 9.55 Å². The molecule has 1 atom stereocenters. The first-order valence-electron chi connectivity index (χ1n) is 7.42. The predicted molar refractivity (Wildman–Crippen MR) is 81.2 cm³/mol. The van der Waals surface area contributed by atoms with E-state index >= 15 is 0 Å². The van der Waals surface area contributed by atoms with E-state index in [1.165, 1.54) is 30.3 Å². The monoisotopic (exact) mass is 259 g/mol. The number of nitrogens with two attached hydrogens (primary N) is 1. The molecule has 1 aromatic heterocycles. The van der Waals surface area contributed by atoms with E-state index in [0.717, 1.165) is 24.3 Å². The zero-order valence-corrected chi connectivity index (χ0v) is 12.3. The summed E-state index contributed by atoms with van der Waals surface area (Å²) < 4.78 is 2.30. The molecule has 0 aliphatic heterocycles. The van der Waals surface area contributed by atoms with Gasteiger partial charge < -0.3 is 10.3 Å². The highest BCUT2D eigenvalue weighted by molar-refractivity contribution is 5.77. The van der Waals surface area contributed by atoms with Gasteiger partial charge in [-0.15, -0.1) is 0 Å². The number of fused-ring (bicyclic) bond motifs is 1. The van der Waals surface area contributed by atoms with Crippen LogP contribution in [0.2, 0.25) is 0 Å². The predicted octanol–water partition coefficient (Wildman–Crippen LogP) is 3.81. The van der Waals surface area contributed by atoms with E-state index in [1.54, 1.807) is 0 Å². The Labute approximate surface area is 115 Å². The number of unbranched alkanes of at least 4 members (excludes halogenated alkanes) is 2. The summed E-state index contributed by atoms with van der Waals surface area (Å²) in [7, 11) is 0. The van der Waals surface area contributed by atoms with Crippen molar-refractivity contribution in [3.05, 3.63) is 29.6 Å². The molecule has 1 heterocycles. The average molecular weight is 259 g/mol. The Kier molecular flexibility index (Phi) is 4.59. The molecule has 3 heteroatoms. The van der Waals surface area contributed by atoms with Gasteiger partial charge in [-0.25, -0.2) is 4.98 Å². The van der Waals surface area contributed by atoms with E-state index < -0.39 is 0 Å². The molecule has 0 amide bonds. The van der Waals surface area contributed by atoms with Crippen molar-refractivity contribution < 1.29 is 0 Å². The summed E-state index contributed by atoms with van der Waals surface area (Å²) in [4.78, 5) is 4.74. The van der Waals surface area contributed by atoms with Crippen LogP contribution in [0.25, 0.3) is 11.0 Å². The first kappa shape index (κ1) is 14.1. The Balaban J connectivity index is 2.42. The van der Waals surface area contributed by atoms with E-state index in [-0.39, 0.29) is 6.04 Å². The van der Waals surface area contributed by atoms with Crippen LogP contribution in [-0.4, -0.2) is 9.55 Å². The number of benzene rings is 1. The second kappa shape index (κ2) is 6.20. The molecule has 0 aliphatic rings. The molecule has 2 N–H and O–H groups in total. The normalized spacial score (nSPS) is 13.1. The molecule has 0 spiro atoms. The molecule has 1 aromatic carbocycles. The van der Waals surface area contributed by atoms with Crippen LogP contribution in [0.15, 0.2) is 18.2 Å². The molecule has 0 fully saturated rings. The minimum atomic E-state index is -0.0147. The number of hydrogen-bond acceptors (Lipinski definition) is 2. The Bertz CT molecular complexity index is 540. The fraction of sp³-hybridized carbons (Fsp3) is 0.562. The van der Waals surface area contributed by atoms with Crippen LogP contribution in [0.4, 0.5) is 0 Å². The molecule has 19 heavy (non-hydrogen) atoms. The van der Waals surface area contributed by atoms with Crippen molar-refractivity contribution in [2.75, 3.05) is 0 Å². The van der Waals surface area contributed by atoms with Gasteiger partial charge in [-0.1, -0.05) is 32.8 Å². The summed E-state index contributed by atoms with van der Waals surface area (Å²) in [6.07, 6.45) is 4.73. The van der Waals surface area contributed by atoms with E-state index in [1.807, 2.05) is 6.92 Å². The van der Waals surface area contributed by atoms with Gasteiger partial charge in [0.05, 0.1) is 17.1 Å². The van der Waals surface area contributed by atoms with Crippen LogP contribution in [0.1, 0.15) is 57.5 Å². The molecule has 0 saturated heterocycles. The lowest BCUT2D eigenvalue weighted by molar-refractivity contribution is 0.570. The molecule has 0 aliphatic carbocycles. The zero-order valence-electron chi connectivity index (χ0n) is 12.3. The van der Waals surface area contributed by atoms with E-state index in [0.29, 0.717) is 0 Å². The van der Waals surface area contributed by atoms with Gasteiger partial charge in [-0.3, -0.25) is 0 Å². The first-order valence-corrected chi connectivity index (χ1v) is 7.42. The molecule has 104 valence electrons. The van der Waals surface area contributed by atoms with Crippen molar-refractivity contribution in [1.29, 1.82) is 0 Å². The molecular weight excluding hydrogens is 234 g/mol. The summed E-state index contributed by atoms with van der Waals surface area (Å²) in [5, 5.41) is 0. The number of rotatable bonds is 6. The standard InChI is InChI=1S/C16H25N3/c1-4-6-7-10-19-15-9-8-13(5-2)11-14(15)18-16(19)12(3)17/h8-9,11-12H,4-7,10,17H2,1-3H3. The van der Waals surface area contributed by atoms with E-state index in [2.05, 4.69) is 36.6 Å². The Hall–Kier alpha value is -1.35. The lowest BCUT2D eigenvalue weighted by Crippen LogP contribution is -2.13. The Morgan fingerprint density at radius 2 is 2.05 bits per heavy atom. The largest absolute Gasteiger partial charge is 0.327 e. The fourth-order valence-corrected chi connectivity index (χ4v) is 2.52. The number of imidazole rings is 1. The first-order chi connectivity index (χ1) is 9.17. The zero-order chi connectivity index (χ0) is 13.8. The van der Waals surface area contributed by atoms with Crippen molar-refractivity contribution in [2.45, 2.75) is 59.0 Å². The summed E-state index contributed by atoms with van der Waals surface area (Å²) in [5.74, 6) is 1.01. The molecule has 1 unspecified atom stereocenters. The molecule has 2 rings (SSSR count). The lowest BCUT2D eigenvalue weighted by atomic mass is 10.1. The highest BCUT2D eigenvalue weighted by atomic mass is 15.1. The Morgan fingerprint density at radius 1 is 1.26 bits per heavy atom. The second-order valence-electron chi connectivity index (χ2n) is 5.29. The van der Waals surface area contributed by atoms with Gasteiger partial charge in [0.2, 0.25) is 0 Å². The van der Waals surface area contributed by atoms with Crippen LogP contribution < -0.4 is 5.73 Å². The van der Waals surface area contributed by atoms with Crippen molar-refractivity contribution >= 4 is 11.0 Å². The molecule has 3 nitrogen and oxygen atoms in total. The molecular formula is C16H25N3. The van der Waals surface area contributed by atoms with E-state index in [9.17, 15) is 0 Å². The van der Waals surface area contributed by atoms with Crippen LogP contribution in [0.5, 0.6) is 0 Å². The molecule has 0 radical (unpaired) electrons. The van der Waals surface area contributed by atoms with Gasteiger partial charge >= 0.3 is 0 Å². The third-order valence-electron chi connectivity index (χ3n) is 3.64. The van der Waals surface area contributed by atoms with Gasteiger partial charge in [0.25, 0.3) is 0 Å². The number of aromatic nitrogens is 2. The third kappa shape index (κ3) is 2.98. The number of hydrogen-bond donors (Lipinski definition) is 1. The third-order valence-corrected chi connectivity index (χ3v) is 3.64. The minimum Gasteiger partial charge on any atom is -0.327 e. The van der Waals surface area contributed by atoms with Gasteiger partial charge in [-0.2, -0.15) is 0 Å². The number of aryl methyl sites for hydroxylation is 2. The second-order valence-corrected chi connectivity index (χ2v) is 5.29. The van der Waals surface area contributed by atoms with Gasteiger partial charge in [-0.05, 0) is 37.5 Å². The average Bonchev–Trinajstić information content (AvgIpc) is 2.77. The molecule has 2 aromatic rings. The van der Waals surface area contributed by atoms with Crippen molar-refractivity contribution in [2.24, 2.45) is 5.73 Å². The summed E-state index contributed by atoms with van der Waals surface area (Å²) in [6.45, 7) is 7.43. The topological polar surface area (TPSA) is 43.8 Å².